The van der Waals surface area contributed by atoms with Gasteiger partial charge in [-0.05, 0) is 25.0 Å². The van der Waals surface area contributed by atoms with Crippen LogP contribution in [0.4, 0.5) is 11.4 Å². The predicted molar refractivity (Wildman–Crippen MR) is 98.1 cm³/mol. The van der Waals surface area contributed by atoms with Crippen molar-refractivity contribution < 1.29 is 19.4 Å². The van der Waals surface area contributed by atoms with Crippen LogP contribution >= 0.6 is 0 Å². The Kier molecular flexibility index (Phi) is 4.65. The number of amides is 2. The number of hydrogen-bond acceptors (Lipinski definition) is 5. The number of carbonyl (C=O) groups excluding carboxylic acids is 2. The number of likely N-dealkylation sites (tertiary alicyclic amines) is 1. The lowest BCUT2D eigenvalue weighted by atomic mass is 9.85. The van der Waals surface area contributed by atoms with Gasteiger partial charge in [0.05, 0.1) is 42.9 Å². The van der Waals surface area contributed by atoms with Crippen LogP contribution in [0.25, 0.3) is 0 Å². The van der Waals surface area contributed by atoms with Crippen molar-refractivity contribution in [2.24, 2.45) is 11.8 Å². The number of rotatable bonds is 4. The number of carbonyl (C=O) groups is 2. The largest absolute Gasteiger partial charge is 0.360 e. The molecule has 0 spiro atoms. The van der Waals surface area contributed by atoms with E-state index in [4.69, 9.17) is 0 Å². The molecule has 2 fully saturated rings. The van der Waals surface area contributed by atoms with Gasteiger partial charge in [0, 0.05) is 17.8 Å². The number of quaternary nitrogens is 1. The van der Waals surface area contributed by atoms with E-state index in [2.05, 4.69) is 4.90 Å². The number of nitro groups is 1. The molecule has 0 saturated carbocycles. The topological polar surface area (TPSA) is 88.2 Å². The number of fused-ring (bicyclic) bond motifs is 1. The Labute approximate surface area is 157 Å². The summed E-state index contributed by atoms with van der Waals surface area (Å²) in [5.74, 6) is -0.356. The Hall–Kier alpha value is -2.74. The molecule has 2 aliphatic heterocycles. The van der Waals surface area contributed by atoms with Crippen molar-refractivity contribution in [1.82, 2.24) is 4.90 Å². The maximum atomic E-state index is 12.6. The number of imide groups is 1. The third-order valence-corrected chi connectivity index (χ3v) is 5.88. The number of anilines is 1. The first-order chi connectivity index (χ1) is 13.0. The maximum absolute atomic E-state index is 12.6. The van der Waals surface area contributed by atoms with Gasteiger partial charge < -0.3 is 9.80 Å². The van der Waals surface area contributed by atoms with Gasteiger partial charge in [0.15, 0.2) is 6.67 Å². The highest BCUT2D eigenvalue weighted by molar-refractivity contribution is 6.05. The van der Waals surface area contributed by atoms with E-state index in [9.17, 15) is 19.7 Å². The van der Waals surface area contributed by atoms with E-state index in [0.717, 1.165) is 31.9 Å². The molecular weight excluding hydrogens is 348 g/mol. The predicted octanol–water partition coefficient (Wildman–Crippen LogP) is 0.208. The first-order valence-corrected chi connectivity index (χ1v) is 9.38. The molecule has 2 amide bonds. The number of allylic oxidation sites excluding steroid dienone is 2. The lowest BCUT2D eigenvalue weighted by molar-refractivity contribution is -0.908. The number of hydrogen-bond donors (Lipinski definition) is 1. The summed E-state index contributed by atoms with van der Waals surface area (Å²) in [4.78, 5) is 40.4. The summed E-state index contributed by atoms with van der Waals surface area (Å²) >= 11 is 0. The average Bonchev–Trinajstić information content (AvgIpc) is 2.94. The van der Waals surface area contributed by atoms with Gasteiger partial charge in [-0.15, -0.1) is 0 Å². The first kappa shape index (κ1) is 17.7. The molecule has 0 radical (unpaired) electrons. The summed E-state index contributed by atoms with van der Waals surface area (Å²) in [6.45, 7) is 3.66. The number of nitro benzene ring substituents is 1. The number of nitrogens with one attached hydrogen (secondary N) is 1. The Morgan fingerprint density at radius 1 is 1.00 bits per heavy atom. The van der Waals surface area contributed by atoms with Crippen molar-refractivity contribution in [2.45, 2.75) is 12.8 Å². The minimum absolute atomic E-state index is 0.0142. The SMILES string of the molecule is O=C1[C@H]2CC=CC[C@H]2C(=O)N1C[NH+]1CCN(c2ccc([N+](=O)[O-])cc2)CC1. The summed E-state index contributed by atoms with van der Waals surface area (Å²) < 4.78 is 0. The van der Waals surface area contributed by atoms with E-state index in [1.165, 1.54) is 21.9 Å². The Balaban J connectivity index is 1.34. The lowest BCUT2D eigenvalue weighted by Crippen LogP contribution is -3.16. The zero-order valence-electron chi connectivity index (χ0n) is 15.0. The second kappa shape index (κ2) is 7.11. The molecule has 8 nitrogen and oxygen atoms in total. The average molecular weight is 371 g/mol. The Bertz CT molecular complexity index is 757. The highest BCUT2D eigenvalue weighted by atomic mass is 16.6. The molecule has 2 heterocycles. The molecule has 0 unspecified atom stereocenters. The first-order valence-electron chi connectivity index (χ1n) is 9.38. The highest BCUT2D eigenvalue weighted by Gasteiger charge is 2.48. The maximum Gasteiger partial charge on any atom is 0.269 e. The van der Waals surface area contributed by atoms with Gasteiger partial charge in [-0.2, -0.15) is 0 Å². The molecule has 1 aromatic rings. The molecule has 142 valence electrons. The van der Waals surface area contributed by atoms with Gasteiger partial charge in [0.1, 0.15) is 0 Å². The third-order valence-electron chi connectivity index (χ3n) is 5.88. The van der Waals surface area contributed by atoms with Gasteiger partial charge in [-0.3, -0.25) is 19.7 Å². The van der Waals surface area contributed by atoms with E-state index in [-0.39, 0.29) is 29.3 Å². The van der Waals surface area contributed by atoms with E-state index >= 15 is 0 Å². The quantitative estimate of drug-likeness (QED) is 0.354. The van der Waals surface area contributed by atoms with Gasteiger partial charge in [-0.1, -0.05) is 12.2 Å². The number of nitrogens with zero attached hydrogens (tertiary/aromatic N) is 3. The zero-order chi connectivity index (χ0) is 19.0. The molecule has 27 heavy (non-hydrogen) atoms. The van der Waals surface area contributed by atoms with Crippen molar-refractivity contribution in [3.63, 3.8) is 0 Å². The van der Waals surface area contributed by atoms with Crippen LogP contribution in [0.3, 0.4) is 0 Å². The molecule has 4 rings (SSSR count). The Morgan fingerprint density at radius 3 is 2.07 bits per heavy atom. The monoisotopic (exact) mass is 371 g/mol. The summed E-state index contributed by atoms with van der Waals surface area (Å²) in [6, 6.07) is 6.58. The van der Waals surface area contributed by atoms with Crippen LogP contribution in [0.1, 0.15) is 12.8 Å². The smallest absolute Gasteiger partial charge is 0.269 e. The van der Waals surface area contributed by atoms with Crippen molar-refractivity contribution in [3.05, 3.63) is 46.5 Å². The van der Waals surface area contributed by atoms with Crippen LogP contribution in [0.15, 0.2) is 36.4 Å². The zero-order valence-corrected chi connectivity index (χ0v) is 15.0. The fourth-order valence-electron chi connectivity index (χ4n) is 4.27. The van der Waals surface area contributed by atoms with Crippen LogP contribution in [-0.4, -0.2) is 54.5 Å². The minimum atomic E-state index is -0.400. The van der Waals surface area contributed by atoms with E-state index in [1.807, 2.05) is 12.2 Å². The van der Waals surface area contributed by atoms with Crippen molar-refractivity contribution >= 4 is 23.2 Å². The van der Waals surface area contributed by atoms with Crippen LogP contribution < -0.4 is 9.80 Å². The number of benzene rings is 1. The number of piperazine rings is 1. The standard InChI is InChI=1S/C19H22N4O4/c24-18-16-3-1-2-4-17(16)19(25)22(18)13-20-9-11-21(12-10-20)14-5-7-15(8-6-14)23(26)27/h1-2,5-8,16-17H,3-4,9-13H2/p+1/t16-,17+. The van der Waals surface area contributed by atoms with Gasteiger partial charge in [0.2, 0.25) is 11.8 Å². The van der Waals surface area contributed by atoms with Crippen molar-refractivity contribution in [2.75, 3.05) is 37.7 Å². The summed E-state index contributed by atoms with van der Waals surface area (Å²) in [7, 11) is 0. The molecule has 8 heteroatoms. The summed E-state index contributed by atoms with van der Waals surface area (Å²) in [5.41, 5.74) is 1.05. The van der Waals surface area contributed by atoms with Gasteiger partial charge in [0.25, 0.3) is 5.69 Å². The lowest BCUT2D eigenvalue weighted by Gasteiger charge is -2.34. The highest BCUT2D eigenvalue weighted by Crippen LogP contribution is 2.34. The molecule has 1 aliphatic carbocycles. The normalized spacial score (nSPS) is 25.8. The second-order valence-electron chi connectivity index (χ2n) is 7.43. The van der Waals surface area contributed by atoms with Crippen molar-refractivity contribution in [1.29, 1.82) is 0 Å². The fraction of sp³-hybridized carbons (Fsp3) is 0.474. The molecule has 0 aromatic heterocycles. The van der Waals surface area contributed by atoms with E-state index in [1.54, 1.807) is 12.1 Å². The number of non-ortho nitro benzene ring substituents is 1. The summed E-state index contributed by atoms with van der Waals surface area (Å²) in [5, 5.41) is 10.8. The van der Waals surface area contributed by atoms with Crippen LogP contribution in [0.2, 0.25) is 0 Å². The van der Waals surface area contributed by atoms with E-state index < -0.39 is 4.92 Å². The van der Waals surface area contributed by atoms with Crippen molar-refractivity contribution in [3.8, 4) is 0 Å². The van der Waals surface area contributed by atoms with Gasteiger partial charge >= 0.3 is 0 Å². The third kappa shape index (κ3) is 3.32. The molecule has 0 bridgehead atoms. The van der Waals surface area contributed by atoms with Crippen LogP contribution in [0.5, 0.6) is 0 Å². The molecule has 1 N–H and O–H groups in total. The minimum Gasteiger partial charge on any atom is -0.360 e. The molecule has 2 atom stereocenters. The summed E-state index contributed by atoms with van der Waals surface area (Å²) in [6.07, 6.45) is 5.36. The van der Waals surface area contributed by atoms with Crippen LogP contribution in [0, 0.1) is 22.0 Å². The molecule has 1 aromatic carbocycles. The fourth-order valence-corrected chi connectivity index (χ4v) is 4.27. The van der Waals surface area contributed by atoms with E-state index in [0.29, 0.717) is 19.5 Å². The van der Waals surface area contributed by atoms with Crippen LogP contribution in [-0.2, 0) is 9.59 Å². The molecule has 2 saturated heterocycles. The Morgan fingerprint density at radius 2 is 1.56 bits per heavy atom. The van der Waals surface area contributed by atoms with Gasteiger partial charge in [-0.25, -0.2) is 4.90 Å². The molecular formula is C19H23N4O4+. The molecule has 3 aliphatic rings. The second-order valence-corrected chi connectivity index (χ2v) is 7.43.